The van der Waals surface area contributed by atoms with Crippen LogP contribution < -0.4 is 9.47 Å². The molecule has 3 aromatic carbocycles. The molecule has 0 aliphatic heterocycles. The third-order valence-corrected chi connectivity index (χ3v) is 6.05. The molecule has 1 heterocycles. The Hall–Kier alpha value is -3.78. The lowest BCUT2D eigenvalue weighted by Crippen LogP contribution is -2.25. The maximum absolute atomic E-state index is 12.9. The minimum absolute atomic E-state index is 0.128. The number of halogens is 3. The lowest BCUT2D eigenvalue weighted by molar-refractivity contribution is -0.137. The molecule has 0 atom stereocenters. The smallest absolute Gasteiger partial charge is 0.416 e. The van der Waals surface area contributed by atoms with Gasteiger partial charge in [-0.25, -0.2) is 4.98 Å². The van der Waals surface area contributed by atoms with Crippen molar-refractivity contribution in [3.63, 3.8) is 0 Å². The second-order valence-corrected chi connectivity index (χ2v) is 8.54. The zero-order valence-electron chi connectivity index (χ0n) is 20.9. The van der Waals surface area contributed by atoms with Crippen LogP contribution in [0.1, 0.15) is 25.8 Å². The molecule has 0 saturated heterocycles. The van der Waals surface area contributed by atoms with Crippen molar-refractivity contribution in [3.05, 3.63) is 90.9 Å². The van der Waals surface area contributed by atoms with Crippen LogP contribution in [0.3, 0.4) is 0 Å². The highest BCUT2D eigenvalue weighted by Crippen LogP contribution is 2.33. The van der Waals surface area contributed by atoms with Gasteiger partial charge >= 0.3 is 6.18 Å². The summed E-state index contributed by atoms with van der Waals surface area (Å²) in [6.45, 7) is 8.14. The number of imidazole rings is 1. The molecule has 5 nitrogen and oxygen atoms in total. The average Bonchev–Trinajstić information content (AvgIpc) is 3.40. The molecule has 1 aromatic heterocycles. The van der Waals surface area contributed by atoms with Gasteiger partial charge < -0.3 is 18.9 Å². The fourth-order valence-corrected chi connectivity index (χ4v) is 3.91. The van der Waals surface area contributed by atoms with Crippen LogP contribution in [0.4, 0.5) is 13.2 Å². The fourth-order valence-electron chi connectivity index (χ4n) is 3.91. The molecule has 0 radical (unpaired) electrons. The fraction of sp³-hybridized carbons (Fsp3) is 0.276. The summed E-state index contributed by atoms with van der Waals surface area (Å²) >= 11 is 0. The third-order valence-electron chi connectivity index (χ3n) is 6.05. The van der Waals surface area contributed by atoms with E-state index >= 15 is 0 Å². The minimum Gasteiger partial charge on any atom is -0.494 e. The number of hydrogen-bond donors (Lipinski definition) is 0. The normalized spacial score (nSPS) is 11.6. The van der Waals surface area contributed by atoms with E-state index in [0.29, 0.717) is 12.4 Å². The molecule has 0 aliphatic rings. The number of ether oxygens (including phenoxy) is 2. The van der Waals surface area contributed by atoms with Crippen molar-refractivity contribution in [1.82, 2.24) is 14.5 Å². The summed E-state index contributed by atoms with van der Waals surface area (Å²) in [6, 6.07) is 19.8. The Labute approximate surface area is 215 Å². The van der Waals surface area contributed by atoms with E-state index in [4.69, 9.17) is 9.47 Å². The highest BCUT2D eigenvalue weighted by Gasteiger charge is 2.30. The lowest BCUT2D eigenvalue weighted by atomic mass is 10.1. The number of alkyl halides is 3. The Bertz CT molecular complexity index is 1260. The number of aromatic nitrogens is 2. The SMILES string of the molecule is CCN(CC)CCCOc1ccc(-n2cnc(-c3ccc(Oc4cccc(C(F)(F)F)c4)cc3)c2)cc1. The summed E-state index contributed by atoms with van der Waals surface area (Å²) in [5, 5.41) is 0. The zero-order valence-corrected chi connectivity index (χ0v) is 20.9. The van der Waals surface area contributed by atoms with Gasteiger partial charge in [0, 0.05) is 24.0 Å². The van der Waals surface area contributed by atoms with E-state index in [9.17, 15) is 13.2 Å². The summed E-state index contributed by atoms with van der Waals surface area (Å²) < 4.78 is 52.2. The van der Waals surface area contributed by atoms with Crippen molar-refractivity contribution < 1.29 is 22.6 Å². The van der Waals surface area contributed by atoms with Crippen molar-refractivity contribution in [2.24, 2.45) is 0 Å². The molecule has 8 heteroatoms. The number of nitrogens with zero attached hydrogens (tertiary/aromatic N) is 3. The van der Waals surface area contributed by atoms with Crippen molar-refractivity contribution in [1.29, 1.82) is 0 Å². The van der Waals surface area contributed by atoms with Gasteiger partial charge in [-0.05, 0) is 86.2 Å². The molecule has 0 N–H and O–H groups in total. The van der Waals surface area contributed by atoms with Gasteiger partial charge in [0.2, 0.25) is 0 Å². The van der Waals surface area contributed by atoms with Gasteiger partial charge in [-0.1, -0.05) is 19.9 Å². The highest BCUT2D eigenvalue weighted by molar-refractivity contribution is 5.60. The lowest BCUT2D eigenvalue weighted by Gasteiger charge is -2.17. The van der Waals surface area contributed by atoms with Gasteiger partial charge in [-0.15, -0.1) is 0 Å². The quantitative estimate of drug-likeness (QED) is 0.197. The second-order valence-electron chi connectivity index (χ2n) is 8.54. The van der Waals surface area contributed by atoms with Crippen molar-refractivity contribution in [3.8, 4) is 34.2 Å². The summed E-state index contributed by atoms with van der Waals surface area (Å²) in [7, 11) is 0. The third kappa shape index (κ3) is 7.13. The molecule has 0 bridgehead atoms. The van der Waals surface area contributed by atoms with Crippen molar-refractivity contribution in [2.75, 3.05) is 26.2 Å². The molecule has 194 valence electrons. The van der Waals surface area contributed by atoms with Crippen LogP contribution in [0.25, 0.3) is 16.9 Å². The van der Waals surface area contributed by atoms with E-state index in [-0.39, 0.29) is 5.75 Å². The minimum atomic E-state index is -4.42. The molecular weight excluding hydrogens is 479 g/mol. The van der Waals surface area contributed by atoms with E-state index in [2.05, 4.69) is 23.7 Å². The molecular formula is C29H30F3N3O2. The van der Waals surface area contributed by atoms with E-state index in [1.807, 2.05) is 47.2 Å². The first-order valence-electron chi connectivity index (χ1n) is 12.3. The monoisotopic (exact) mass is 509 g/mol. The predicted octanol–water partition coefficient (Wildman–Crippen LogP) is 7.46. The van der Waals surface area contributed by atoms with Crippen molar-refractivity contribution >= 4 is 0 Å². The van der Waals surface area contributed by atoms with Crippen molar-refractivity contribution in [2.45, 2.75) is 26.4 Å². The number of benzene rings is 3. The number of hydrogen-bond acceptors (Lipinski definition) is 4. The number of rotatable bonds is 11. The van der Waals surface area contributed by atoms with Crippen LogP contribution in [-0.4, -0.2) is 40.7 Å². The largest absolute Gasteiger partial charge is 0.494 e. The van der Waals surface area contributed by atoms with Gasteiger partial charge in [-0.3, -0.25) is 0 Å². The van der Waals surface area contributed by atoms with Gasteiger partial charge in [0.25, 0.3) is 0 Å². The van der Waals surface area contributed by atoms with Gasteiger partial charge in [0.05, 0.1) is 24.2 Å². The molecule has 4 aromatic rings. The van der Waals surface area contributed by atoms with Gasteiger partial charge in [0.15, 0.2) is 0 Å². The maximum atomic E-state index is 12.9. The van der Waals surface area contributed by atoms with Crippen LogP contribution in [0.5, 0.6) is 17.2 Å². The molecule has 0 unspecified atom stereocenters. The van der Waals surface area contributed by atoms with Crippen LogP contribution >= 0.6 is 0 Å². The predicted molar refractivity (Wildman–Crippen MR) is 138 cm³/mol. The summed E-state index contributed by atoms with van der Waals surface area (Å²) in [4.78, 5) is 6.87. The first-order valence-corrected chi connectivity index (χ1v) is 12.3. The van der Waals surface area contributed by atoms with Crippen LogP contribution in [0.2, 0.25) is 0 Å². The van der Waals surface area contributed by atoms with E-state index in [1.165, 1.54) is 12.1 Å². The Kier molecular flexibility index (Phi) is 8.50. The zero-order chi connectivity index (χ0) is 26.3. The maximum Gasteiger partial charge on any atom is 0.416 e. The molecule has 0 saturated carbocycles. The summed E-state index contributed by atoms with van der Waals surface area (Å²) in [5.74, 6) is 1.40. The summed E-state index contributed by atoms with van der Waals surface area (Å²) in [6.07, 6.45) is 0.226. The Morgan fingerprint density at radius 3 is 2.24 bits per heavy atom. The Morgan fingerprint density at radius 1 is 0.865 bits per heavy atom. The Morgan fingerprint density at radius 2 is 1.57 bits per heavy atom. The van der Waals surface area contributed by atoms with Gasteiger partial charge in [0.1, 0.15) is 17.2 Å². The molecule has 0 amide bonds. The Balaban J connectivity index is 1.34. The molecule has 0 spiro atoms. The van der Waals surface area contributed by atoms with E-state index in [1.54, 1.807) is 18.5 Å². The average molecular weight is 510 g/mol. The molecule has 4 rings (SSSR count). The van der Waals surface area contributed by atoms with E-state index in [0.717, 1.165) is 60.9 Å². The first-order chi connectivity index (χ1) is 17.9. The molecule has 0 fully saturated rings. The highest BCUT2D eigenvalue weighted by atomic mass is 19.4. The van der Waals surface area contributed by atoms with Crippen LogP contribution in [0.15, 0.2) is 85.3 Å². The summed E-state index contributed by atoms with van der Waals surface area (Å²) in [5.41, 5.74) is 1.84. The molecule has 0 aliphatic carbocycles. The molecule has 37 heavy (non-hydrogen) atoms. The standard InChI is InChI=1S/C29H30F3N3O2/c1-3-34(4-2)17-6-18-36-25-15-11-24(12-16-25)35-20-28(33-21-35)22-9-13-26(14-10-22)37-27-8-5-7-23(19-27)29(30,31)32/h5,7-16,19-21H,3-4,6,17-18H2,1-2H3. The second kappa shape index (κ2) is 12.0. The van der Waals surface area contributed by atoms with Gasteiger partial charge in [-0.2, -0.15) is 13.2 Å². The van der Waals surface area contributed by atoms with E-state index < -0.39 is 11.7 Å². The first kappa shape index (κ1) is 26.3. The van der Waals surface area contributed by atoms with Crippen LogP contribution in [-0.2, 0) is 6.18 Å². The van der Waals surface area contributed by atoms with Crippen LogP contribution in [0, 0.1) is 0 Å². The topological polar surface area (TPSA) is 39.5 Å².